The first-order chi connectivity index (χ1) is 8.66. The lowest BCUT2D eigenvalue weighted by Gasteiger charge is -2.16. The van der Waals surface area contributed by atoms with Gasteiger partial charge in [-0.25, -0.2) is 0 Å². The number of benzene rings is 2. The van der Waals surface area contributed by atoms with E-state index in [1.165, 1.54) is 0 Å². The Morgan fingerprint density at radius 3 is 2.22 bits per heavy atom. The minimum absolute atomic E-state index is 0.00421. The van der Waals surface area contributed by atoms with Crippen LogP contribution in [0.1, 0.15) is 37.2 Å². The van der Waals surface area contributed by atoms with Crippen molar-refractivity contribution in [2.75, 3.05) is 0 Å². The highest BCUT2D eigenvalue weighted by Gasteiger charge is 2.08. The van der Waals surface area contributed by atoms with Crippen LogP contribution in [-0.2, 0) is 0 Å². The van der Waals surface area contributed by atoms with E-state index in [1.807, 2.05) is 61.5 Å². The quantitative estimate of drug-likeness (QED) is 0.881. The Hall–Kier alpha value is -1.80. The zero-order valence-corrected chi connectivity index (χ0v) is 10.7. The van der Waals surface area contributed by atoms with E-state index >= 15 is 0 Å². The molecule has 2 aromatic carbocycles. The van der Waals surface area contributed by atoms with Crippen LogP contribution in [0.15, 0.2) is 54.6 Å². The Bertz CT molecular complexity index is 491. The normalized spacial score (nSPS) is 13.9. The zero-order valence-electron chi connectivity index (χ0n) is 10.7. The molecule has 1 N–H and O–H groups in total. The number of aliphatic hydroxyl groups is 1. The van der Waals surface area contributed by atoms with Crippen LogP contribution in [0.25, 0.3) is 0 Å². The maximum Gasteiger partial charge on any atom is 0.121 e. The van der Waals surface area contributed by atoms with E-state index in [9.17, 15) is 5.11 Å². The molecule has 0 saturated carbocycles. The third kappa shape index (κ3) is 3.11. The Balaban J connectivity index is 2.12. The highest BCUT2D eigenvalue weighted by atomic mass is 16.5. The van der Waals surface area contributed by atoms with Crippen molar-refractivity contribution < 1.29 is 9.84 Å². The zero-order chi connectivity index (χ0) is 13.0. The molecule has 0 aliphatic heterocycles. The number of hydrogen-bond donors (Lipinski definition) is 1. The number of aliphatic hydroxyl groups excluding tert-OH is 1. The summed E-state index contributed by atoms with van der Waals surface area (Å²) in [4.78, 5) is 0. The third-order valence-corrected chi connectivity index (χ3v) is 2.92. The summed E-state index contributed by atoms with van der Waals surface area (Å²) in [6.07, 6.45) is -0.476. The second-order valence-corrected chi connectivity index (χ2v) is 4.42. The first-order valence-electron chi connectivity index (χ1n) is 6.16. The molecule has 0 fully saturated rings. The van der Waals surface area contributed by atoms with Crippen LogP contribution < -0.4 is 4.74 Å². The van der Waals surface area contributed by atoms with Gasteiger partial charge in [0.25, 0.3) is 0 Å². The third-order valence-electron chi connectivity index (χ3n) is 2.92. The molecule has 0 aliphatic carbocycles. The van der Waals surface area contributed by atoms with Gasteiger partial charge in [-0.05, 0) is 37.1 Å². The molecule has 0 spiro atoms. The Kier molecular flexibility index (Phi) is 4.00. The highest BCUT2D eigenvalue weighted by Crippen LogP contribution is 2.24. The molecule has 0 radical (unpaired) electrons. The molecular formula is C16H18O2. The fraction of sp³-hybridized carbons (Fsp3) is 0.250. The molecule has 1 unspecified atom stereocenters. The maximum absolute atomic E-state index is 9.54. The second-order valence-electron chi connectivity index (χ2n) is 4.42. The Morgan fingerprint density at radius 2 is 1.56 bits per heavy atom. The number of ether oxygens (including phenoxy) is 1. The minimum atomic E-state index is -0.472. The van der Waals surface area contributed by atoms with Crippen molar-refractivity contribution in [1.82, 2.24) is 0 Å². The van der Waals surface area contributed by atoms with E-state index in [4.69, 9.17) is 4.74 Å². The molecule has 2 aromatic rings. The summed E-state index contributed by atoms with van der Waals surface area (Å²) in [5.74, 6) is 0.782. The molecule has 2 nitrogen and oxygen atoms in total. The van der Waals surface area contributed by atoms with Crippen LogP contribution in [0.5, 0.6) is 5.75 Å². The average molecular weight is 242 g/mol. The second kappa shape index (κ2) is 5.69. The fourth-order valence-electron chi connectivity index (χ4n) is 1.84. The van der Waals surface area contributed by atoms with Crippen molar-refractivity contribution >= 4 is 0 Å². The van der Waals surface area contributed by atoms with E-state index in [2.05, 4.69) is 0 Å². The standard InChI is InChI=1S/C16H18O2/c1-12(17)15-9-6-10-16(11-15)18-13(2)14-7-4-3-5-8-14/h3-13,17H,1-2H3/t12-,13?/m1/s1. The topological polar surface area (TPSA) is 29.5 Å². The largest absolute Gasteiger partial charge is 0.486 e. The molecule has 0 aliphatic rings. The molecule has 0 amide bonds. The molecular weight excluding hydrogens is 224 g/mol. The summed E-state index contributed by atoms with van der Waals surface area (Å²) >= 11 is 0. The lowest BCUT2D eigenvalue weighted by molar-refractivity contribution is 0.196. The summed E-state index contributed by atoms with van der Waals surface area (Å²) in [5.41, 5.74) is 2.01. The molecule has 2 rings (SSSR count). The van der Waals surface area contributed by atoms with Gasteiger partial charge in [-0.1, -0.05) is 42.5 Å². The van der Waals surface area contributed by atoms with Crippen LogP contribution in [0.2, 0.25) is 0 Å². The SMILES string of the molecule is CC(Oc1cccc([C@@H](C)O)c1)c1ccccc1. The van der Waals surface area contributed by atoms with Crippen molar-refractivity contribution in [1.29, 1.82) is 0 Å². The molecule has 18 heavy (non-hydrogen) atoms. The van der Waals surface area contributed by atoms with Crippen molar-refractivity contribution in [3.8, 4) is 5.75 Å². The van der Waals surface area contributed by atoms with Gasteiger partial charge in [-0.2, -0.15) is 0 Å². The van der Waals surface area contributed by atoms with Crippen molar-refractivity contribution in [3.05, 3.63) is 65.7 Å². The predicted octanol–water partition coefficient (Wildman–Crippen LogP) is 3.88. The van der Waals surface area contributed by atoms with Gasteiger partial charge in [-0.3, -0.25) is 0 Å². The molecule has 0 bridgehead atoms. The summed E-state index contributed by atoms with van der Waals surface area (Å²) in [5, 5.41) is 9.54. The summed E-state index contributed by atoms with van der Waals surface area (Å²) in [7, 11) is 0. The van der Waals surface area contributed by atoms with E-state index in [0.29, 0.717) is 0 Å². The maximum atomic E-state index is 9.54. The van der Waals surface area contributed by atoms with Crippen LogP contribution in [0.4, 0.5) is 0 Å². The van der Waals surface area contributed by atoms with Crippen molar-refractivity contribution in [3.63, 3.8) is 0 Å². The minimum Gasteiger partial charge on any atom is -0.486 e. The molecule has 0 saturated heterocycles. The monoisotopic (exact) mass is 242 g/mol. The van der Waals surface area contributed by atoms with Gasteiger partial charge in [0.2, 0.25) is 0 Å². The van der Waals surface area contributed by atoms with Gasteiger partial charge in [0.1, 0.15) is 11.9 Å². The first kappa shape index (κ1) is 12.7. The van der Waals surface area contributed by atoms with Gasteiger partial charge in [0.15, 0.2) is 0 Å². The van der Waals surface area contributed by atoms with Crippen molar-refractivity contribution in [2.45, 2.75) is 26.1 Å². The van der Waals surface area contributed by atoms with E-state index < -0.39 is 6.10 Å². The molecule has 0 aromatic heterocycles. The lowest BCUT2D eigenvalue weighted by Crippen LogP contribution is -2.03. The first-order valence-corrected chi connectivity index (χ1v) is 6.16. The van der Waals surface area contributed by atoms with E-state index in [1.54, 1.807) is 6.92 Å². The molecule has 2 heteroatoms. The van der Waals surface area contributed by atoms with E-state index in [-0.39, 0.29) is 6.10 Å². The van der Waals surface area contributed by atoms with Gasteiger partial charge >= 0.3 is 0 Å². The van der Waals surface area contributed by atoms with Gasteiger partial charge in [0.05, 0.1) is 6.10 Å². The smallest absolute Gasteiger partial charge is 0.121 e. The van der Waals surface area contributed by atoms with Gasteiger partial charge in [-0.15, -0.1) is 0 Å². The van der Waals surface area contributed by atoms with Crippen LogP contribution in [0.3, 0.4) is 0 Å². The Labute approximate surface area is 108 Å². The number of hydrogen-bond acceptors (Lipinski definition) is 2. The lowest BCUT2D eigenvalue weighted by atomic mass is 10.1. The molecule has 94 valence electrons. The summed E-state index contributed by atoms with van der Waals surface area (Å²) < 4.78 is 5.88. The summed E-state index contributed by atoms with van der Waals surface area (Å²) in [6, 6.07) is 17.7. The Morgan fingerprint density at radius 1 is 0.889 bits per heavy atom. The van der Waals surface area contributed by atoms with Crippen LogP contribution in [-0.4, -0.2) is 5.11 Å². The van der Waals surface area contributed by atoms with Crippen LogP contribution >= 0.6 is 0 Å². The van der Waals surface area contributed by atoms with Gasteiger partial charge < -0.3 is 9.84 Å². The average Bonchev–Trinajstić information content (AvgIpc) is 2.40. The fourth-order valence-corrected chi connectivity index (χ4v) is 1.84. The number of rotatable bonds is 4. The van der Waals surface area contributed by atoms with Crippen LogP contribution in [0, 0.1) is 0 Å². The predicted molar refractivity (Wildman–Crippen MR) is 72.6 cm³/mol. The van der Waals surface area contributed by atoms with E-state index in [0.717, 1.165) is 16.9 Å². The highest BCUT2D eigenvalue weighted by molar-refractivity contribution is 5.30. The van der Waals surface area contributed by atoms with Crippen molar-refractivity contribution in [2.24, 2.45) is 0 Å². The molecule has 0 heterocycles. The molecule has 2 atom stereocenters. The van der Waals surface area contributed by atoms with Gasteiger partial charge in [0, 0.05) is 0 Å². The summed E-state index contributed by atoms with van der Waals surface area (Å²) in [6.45, 7) is 3.77.